The summed E-state index contributed by atoms with van der Waals surface area (Å²) in [7, 11) is -3.86. The summed E-state index contributed by atoms with van der Waals surface area (Å²) in [5.74, 6) is -1.09. The summed E-state index contributed by atoms with van der Waals surface area (Å²) in [6, 6.07) is 9.91. The van der Waals surface area contributed by atoms with Crippen molar-refractivity contribution >= 4 is 44.0 Å². The third-order valence-electron chi connectivity index (χ3n) is 6.12. The minimum atomic E-state index is -3.86. The molecule has 0 spiro atoms. The largest absolute Gasteiger partial charge is 0.382 e. The topological polar surface area (TPSA) is 95.0 Å². The Morgan fingerprint density at radius 3 is 2.45 bits per heavy atom. The number of piperidine rings is 1. The van der Waals surface area contributed by atoms with Gasteiger partial charge in [-0.3, -0.25) is 9.59 Å². The molecule has 31 heavy (non-hydrogen) atoms. The van der Waals surface area contributed by atoms with Crippen molar-refractivity contribution in [3.63, 3.8) is 0 Å². The first-order chi connectivity index (χ1) is 14.7. The van der Waals surface area contributed by atoms with E-state index in [0.717, 1.165) is 18.4 Å². The van der Waals surface area contributed by atoms with Crippen LogP contribution in [-0.4, -0.2) is 72.7 Å². The molecule has 2 amide bonds. The van der Waals surface area contributed by atoms with Gasteiger partial charge in [-0.1, -0.05) is 23.7 Å². The number of halogens is 1. The van der Waals surface area contributed by atoms with Crippen molar-refractivity contribution in [2.45, 2.75) is 42.7 Å². The highest BCUT2D eigenvalue weighted by molar-refractivity contribution is 7.91. The highest BCUT2D eigenvalue weighted by Crippen LogP contribution is 2.25. The lowest BCUT2D eigenvalue weighted by atomic mass is 10.0. The molecule has 4 rings (SSSR count). The number of hydrogen-bond donors (Lipinski definition) is 1. The molecular formula is C22H25ClN2O5S. The molecule has 7 nitrogen and oxygen atoms in total. The Bertz CT molecular complexity index is 1110. The monoisotopic (exact) mass is 464 g/mol. The van der Waals surface area contributed by atoms with Gasteiger partial charge in [0, 0.05) is 37.1 Å². The van der Waals surface area contributed by atoms with Crippen LogP contribution in [0.4, 0.5) is 0 Å². The first kappa shape index (κ1) is 22.0. The third-order valence-corrected chi connectivity index (χ3v) is 8.08. The summed E-state index contributed by atoms with van der Waals surface area (Å²) in [5, 5.41) is 12.5. The SMILES string of the molecule is O=C([C@@H](O)CS(=O)(=O)c1ccc2cc(Cl)ccc2c1)N1CCC(N2CCCC2=O)CC1. The molecule has 2 saturated heterocycles. The smallest absolute Gasteiger partial charge is 0.252 e. The number of aliphatic hydroxyl groups excluding tert-OH is 1. The molecule has 0 aromatic heterocycles. The van der Waals surface area contributed by atoms with Crippen LogP contribution in [0.2, 0.25) is 5.02 Å². The minimum absolute atomic E-state index is 0.0560. The van der Waals surface area contributed by atoms with Crippen LogP contribution in [0.15, 0.2) is 41.3 Å². The predicted molar refractivity (Wildman–Crippen MR) is 118 cm³/mol. The lowest BCUT2D eigenvalue weighted by Crippen LogP contribution is -2.50. The van der Waals surface area contributed by atoms with Crippen LogP contribution in [0.25, 0.3) is 10.8 Å². The van der Waals surface area contributed by atoms with Gasteiger partial charge in [0.15, 0.2) is 9.84 Å². The molecule has 2 aromatic carbocycles. The van der Waals surface area contributed by atoms with E-state index in [1.165, 1.54) is 17.0 Å². The van der Waals surface area contributed by atoms with Gasteiger partial charge in [0.1, 0.15) is 6.10 Å². The van der Waals surface area contributed by atoms with E-state index in [1.54, 1.807) is 24.3 Å². The maximum absolute atomic E-state index is 12.8. The van der Waals surface area contributed by atoms with Crippen molar-refractivity contribution in [2.75, 3.05) is 25.4 Å². The molecule has 0 unspecified atom stereocenters. The van der Waals surface area contributed by atoms with Crippen LogP contribution in [-0.2, 0) is 19.4 Å². The maximum Gasteiger partial charge on any atom is 0.252 e. The van der Waals surface area contributed by atoms with E-state index >= 15 is 0 Å². The number of rotatable bonds is 5. The number of carbonyl (C=O) groups excluding carboxylic acids is 2. The maximum atomic E-state index is 12.8. The number of fused-ring (bicyclic) bond motifs is 1. The van der Waals surface area contributed by atoms with Crippen molar-refractivity contribution in [3.05, 3.63) is 41.4 Å². The minimum Gasteiger partial charge on any atom is -0.382 e. The molecule has 2 aliphatic rings. The van der Waals surface area contributed by atoms with Gasteiger partial charge in [0.2, 0.25) is 5.91 Å². The Hall–Kier alpha value is -2.16. The standard InChI is InChI=1S/C22H25ClN2O5S/c23-17-5-3-16-13-19(6-4-15(16)12-17)31(29,30)14-20(26)22(28)24-10-7-18(8-11-24)25-9-1-2-21(25)27/h3-6,12-13,18,20,26H,1-2,7-11,14H2/t20-/m0/s1. The van der Waals surface area contributed by atoms with Crippen molar-refractivity contribution in [2.24, 2.45) is 0 Å². The molecule has 2 heterocycles. The van der Waals surface area contributed by atoms with Gasteiger partial charge in [-0.2, -0.15) is 0 Å². The van der Waals surface area contributed by atoms with Crippen molar-refractivity contribution < 1.29 is 23.1 Å². The van der Waals surface area contributed by atoms with E-state index in [-0.39, 0.29) is 16.8 Å². The number of likely N-dealkylation sites (tertiary alicyclic amines) is 2. The van der Waals surface area contributed by atoms with E-state index in [1.807, 2.05) is 4.90 Å². The highest BCUT2D eigenvalue weighted by atomic mass is 35.5. The van der Waals surface area contributed by atoms with Gasteiger partial charge in [0.25, 0.3) is 5.91 Å². The number of benzene rings is 2. The predicted octanol–water partition coefficient (Wildman–Crippen LogP) is 2.24. The Morgan fingerprint density at radius 2 is 1.77 bits per heavy atom. The molecule has 2 aliphatic heterocycles. The van der Waals surface area contributed by atoms with E-state index in [4.69, 9.17) is 11.6 Å². The molecule has 1 atom stereocenters. The summed E-state index contributed by atoms with van der Waals surface area (Å²) in [4.78, 5) is 28.0. The fraction of sp³-hybridized carbons (Fsp3) is 0.455. The van der Waals surface area contributed by atoms with Crippen molar-refractivity contribution in [1.82, 2.24) is 9.80 Å². The van der Waals surface area contributed by atoms with Gasteiger partial charge < -0.3 is 14.9 Å². The molecule has 9 heteroatoms. The lowest BCUT2D eigenvalue weighted by Gasteiger charge is -2.37. The number of amides is 2. The van der Waals surface area contributed by atoms with Crippen LogP contribution in [0.1, 0.15) is 25.7 Å². The van der Waals surface area contributed by atoms with Crippen LogP contribution in [0, 0.1) is 0 Å². The summed E-state index contributed by atoms with van der Waals surface area (Å²) in [6.07, 6.45) is 1.11. The first-order valence-corrected chi connectivity index (χ1v) is 12.5. The normalized spacial score (nSPS) is 19.2. The zero-order chi connectivity index (χ0) is 22.2. The molecule has 2 fully saturated rings. The number of aliphatic hydroxyl groups is 1. The second-order valence-electron chi connectivity index (χ2n) is 8.20. The fourth-order valence-electron chi connectivity index (χ4n) is 4.43. The molecule has 1 N–H and O–H groups in total. The number of hydrogen-bond acceptors (Lipinski definition) is 5. The van der Waals surface area contributed by atoms with Crippen molar-refractivity contribution in [1.29, 1.82) is 0 Å². The van der Waals surface area contributed by atoms with Crippen molar-refractivity contribution in [3.8, 4) is 0 Å². The van der Waals surface area contributed by atoms with Gasteiger partial charge in [-0.05, 0) is 54.3 Å². The van der Waals surface area contributed by atoms with Crippen LogP contribution in [0.5, 0.6) is 0 Å². The molecule has 0 radical (unpaired) electrons. The average molecular weight is 465 g/mol. The van der Waals surface area contributed by atoms with Gasteiger partial charge in [-0.25, -0.2) is 8.42 Å². The molecule has 0 saturated carbocycles. The van der Waals surface area contributed by atoms with E-state index in [9.17, 15) is 23.1 Å². The summed E-state index contributed by atoms with van der Waals surface area (Å²) in [5.41, 5.74) is 0. The van der Waals surface area contributed by atoms with Crippen LogP contribution < -0.4 is 0 Å². The molecule has 166 valence electrons. The zero-order valence-corrected chi connectivity index (χ0v) is 18.6. The Kier molecular flexibility index (Phi) is 6.23. The van der Waals surface area contributed by atoms with E-state index in [0.29, 0.717) is 42.8 Å². The van der Waals surface area contributed by atoms with Gasteiger partial charge >= 0.3 is 0 Å². The summed E-state index contributed by atoms with van der Waals surface area (Å²) in [6.45, 7) is 1.57. The van der Waals surface area contributed by atoms with E-state index < -0.39 is 27.6 Å². The highest BCUT2D eigenvalue weighted by Gasteiger charge is 2.34. The summed E-state index contributed by atoms with van der Waals surface area (Å²) >= 11 is 5.97. The zero-order valence-electron chi connectivity index (χ0n) is 17.0. The summed E-state index contributed by atoms with van der Waals surface area (Å²) < 4.78 is 25.6. The second kappa shape index (κ2) is 8.76. The average Bonchev–Trinajstić information content (AvgIpc) is 3.18. The Morgan fingerprint density at radius 1 is 1.10 bits per heavy atom. The van der Waals surface area contributed by atoms with E-state index in [2.05, 4.69) is 0 Å². The molecule has 2 aromatic rings. The third kappa shape index (κ3) is 4.71. The molecule has 0 bridgehead atoms. The molecule has 0 aliphatic carbocycles. The quantitative estimate of drug-likeness (QED) is 0.732. The Labute approximate surface area is 186 Å². The van der Waals surface area contributed by atoms with Crippen LogP contribution in [0.3, 0.4) is 0 Å². The Balaban J connectivity index is 1.39. The number of sulfone groups is 1. The van der Waals surface area contributed by atoms with Crippen LogP contribution >= 0.6 is 11.6 Å². The second-order valence-corrected chi connectivity index (χ2v) is 10.7. The van der Waals surface area contributed by atoms with Gasteiger partial charge in [-0.15, -0.1) is 0 Å². The lowest BCUT2D eigenvalue weighted by molar-refractivity contribution is -0.141. The molecular weight excluding hydrogens is 440 g/mol. The number of carbonyl (C=O) groups is 2. The fourth-order valence-corrected chi connectivity index (χ4v) is 5.94. The first-order valence-electron chi connectivity index (χ1n) is 10.4. The number of nitrogens with zero attached hydrogens (tertiary/aromatic N) is 2. The van der Waals surface area contributed by atoms with Gasteiger partial charge in [0.05, 0.1) is 10.6 Å².